The van der Waals surface area contributed by atoms with Crippen LogP contribution in [0.4, 0.5) is 5.82 Å². The number of aromatic nitrogens is 8. The smallest absolute Gasteiger partial charge is 0.257 e. The van der Waals surface area contributed by atoms with Gasteiger partial charge in [-0.1, -0.05) is 30.3 Å². The van der Waals surface area contributed by atoms with Crippen LogP contribution in [0.1, 0.15) is 33.2 Å². The Morgan fingerprint density at radius 3 is 2.43 bits per heavy atom. The zero-order valence-electron chi connectivity index (χ0n) is 23.9. The molecule has 2 amide bonds. The molecule has 1 aliphatic rings. The van der Waals surface area contributed by atoms with Gasteiger partial charge < -0.3 is 25.9 Å². The van der Waals surface area contributed by atoms with Crippen molar-refractivity contribution in [2.75, 3.05) is 31.9 Å². The van der Waals surface area contributed by atoms with Crippen LogP contribution in [0.25, 0.3) is 33.6 Å². The molecule has 5 aromatic heterocycles. The monoisotopic (exact) mass is 594 g/mol. The highest BCUT2D eigenvalue weighted by molar-refractivity contribution is 6.05. The van der Waals surface area contributed by atoms with Crippen LogP contribution < -0.4 is 11.5 Å². The van der Waals surface area contributed by atoms with Crippen LogP contribution >= 0.6 is 0 Å². The van der Waals surface area contributed by atoms with Gasteiger partial charge in [0.2, 0.25) is 0 Å². The standard InChI is InChI=1S/C22H24N8O2.C7H6N4O/c1-2-30-19-16(12-24-13-17(19)25-21(30)18-20(23)27-32-26-18)22(31)29-10-8-28(9-11-29)14-15-6-4-3-5-7-15;8-7(12)4-1-9-2-5-6(4)11-3-10-5/h3-7,12-13H,2,8-11,14H2,1H3,(H2,23,27);1-3H,(H2,8,12)(H,10,11). The predicted octanol–water partition coefficient (Wildman–Crippen LogP) is 2.10. The Bertz CT molecular complexity index is 1920. The Labute approximate surface area is 250 Å². The number of anilines is 1. The molecule has 6 aromatic rings. The third kappa shape index (κ3) is 5.55. The first kappa shape index (κ1) is 28.4. The molecular weight excluding hydrogens is 564 g/mol. The maximum absolute atomic E-state index is 13.5. The van der Waals surface area contributed by atoms with E-state index < -0.39 is 5.91 Å². The number of benzene rings is 1. The maximum atomic E-state index is 13.5. The number of imidazole rings is 2. The number of aromatic amines is 1. The van der Waals surface area contributed by atoms with Crippen molar-refractivity contribution in [3.63, 3.8) is 0 Å². The van der Waals surface area contributed by atoms with E-state index in [0.29, 0.717) is 58.8 Å². The Morgan fingerprint density at radius 1 is 0.977 bits per heavy atom. The molecule has 15 nitrogen and oxygen atoms in total. The van der Waals surface area contributed by atoms with Crippen molar-refractivity contribution in [1.29, 1.82) is 0 Å². The SMILES string of the molecule is CCn1c(-c2nonc2N)nc2cncc(C(=O)N3CCN(Cc4ccccc4)CC3)c21.NC(=O)c1cncc2[nH]cnc12. The molecular formula is C29H30N12O3. The Hall–Kier alpha value is -5.70. The highest BCUT2D eigenvalue weighted by Gasteiger charge is 2.27. The topological polar surface area (TPSA) is 204 Å². The summed E-state index contributed by atoms with van der Waals surface area (Å²) < 4.78 is 6.66. The van der Waals surface area contributed by atoms with E-state index in [0.717, 1.165) is 25.2 Å². The minimum absolute atomic E-state index is 0.0464. The number of hydrogen-bond acceptors (Lipinski definition) is 11. The first-order valence-corrected chi connectivity index (χ1v) is 14.0. The number of hydrogen-bond donors (Lipinski definition) is 3. The van der Waals surface area contributed by atoms with E-state index in [4.69, 9.17) is 16.1 Å². The largest absolute Gasteiger partial charge is 0.379 e. The van der Waals surface area contributed by atoms with Crippen molar-refractivity contribution in [2.45, 2.75) is 20.0 Å². The number of amides is 2. The van der Waals surface area contributed by atoms with Gasteiger partial charge in [0, 0.05) is 51.7 Å². The number of nitrogens with two attached hydrogens (primary N) is 2. The van der Waals surface area contributed by atoms with Gasteiger partial charge in [-0.25, -0.2) is 14.6 Å². The summed E-state index contributed by atoms with van der Waals surface area (Å²) in [5.41, 5.74) is 16.1. The molecule has 0 saturated carbocycles. The van der Waals surface area contributed by atoms with Gasteiger partial charge in [-0.15, -0.1) is 0 Å². The minimum atomic E-state index is -0.514. The van der Waals surface area contributed by atoms with Crippen LogP contribution in [0.2, 0.25) is 0 Å². The van der Waals surface area contributed by atoms with E-state index in [2.05, 4.69) is 64.4 Å². The number of primary amides is 1. The molecule has 0 atom stereocenters. The molecule has 6 heterocycles. The number of nitrogens with one attached hydrogen (secondary N) is 1. The number of pyridine rings is 2. The van der Waals surface area contributed by atoms with E-state index in [1.165, 1.54) is 18.1 Å². The van der Waals surface area contributed by atoms with Crippen molar-refractivity contribution in [3.8, 4) is 11.5 Å². The van der Waals surface area contributed by atoms with Gasteiger partial charge in [0.1, 0.15) is 11.0 Å². The van der Waals surface area contributed by atoms with E-state index in [1.807, 2.05) is 22.5 Å². The predicted molar refractivity (Wildman–Crippen MR) is 161 cm³/mol. The summed E-state index contributed by atoms with van der Waals surface area (Å²) in [5.74, 6) is 0.108. The molecule has 44 heavy (non-hydrogen) atoms. The Kier molecular flexibility index (Phi) is 7.92. The first-order chi connectivity index (χ1) is 21.4. The summed E-state index contributed by atoms with van der Waals surface area (Å²) in [4.78, 5) is 48.1. The fourth-order valence-electron chi connectivity index (χ4n) is 5.25. The van der Waals surface area contributed by atoms with Crippen LogP contribution in [0.5, 0.6) is 0 Å². The summed E-state index contributed by atoms with van der Waals surface area (Å²) in [5, 5.41) is 7.53. The van der Waals surface area contributed by atoms with Crippen LogP contribution in [-0.2, 0) is 13.1 Å². The Balaban J connectivity index is 0.000000238. The van der Waals surface area contributed by atoms with Crippen molar-refractivity contribution in [3.05, 3.63) is 78.1 Å². The Morgan fingerprint density at radius 2 is 1.73 bits per heavy atom. The molecule has 0 radical (unpaired) electrons. The molecule has 0 unspecified atom stereocenters. The number of nitrogens with zero attached hydrogens (tertiary/aromatic N) is 9. The number of carbonyl (C=O) groups excluding carboxylic acids is 2. The minimum Gasteiger partial charge on any atom is -0.379 e. The van der Waals surface area contributed by atoms with Gasteiger partial charge in [0.25, 0.3) is 11.8 Å². The van der Waals surface area contributed by atoms with Crippen molar-refractivity contribution >= 4 is 39.7 Å². The fourth-order valence-corrected chi connectivity index (χ4v) is 5.25. The summed E-state index contributed by atoms with van der Waals surface area (Å²) in [6, 6.07) is 10.4. The number of piperazine rings is 1. The quantitative estimate of drug-likeness (QED) is 0.255. The fraction of sp³-hybridized carbons (Fsp3) is 0.241. The maximum Gasteiger partial charge on any atom is 0.257 e. The summed E-state index contributed by atoms with van der Waals surface area (Å²) >= 11 is 0. The van der Waals surface area contributed by atoms with Crippen LogP contribution in [-0.4, -0.2) is 87.6 Å². The molecule has 0 aliphatic carbocycles. The van der Waals surface area contributed by atoms with Gasteiger partial charge in [0.15, 0.2) is 17.3 Å². The lowest BCUT2D eigenvalue weighted by Gasteiger charge is -2.34. The van der Waals surface area contributed by atoms with E-state index in [9.17, 15) is 9.59 Å². The lowest BCUT2D eigenvalue weighted by Crippen LogP contribution is -2.48. The normalized spacial score (nSPS) is 13.6. The van der Waals surface area contributed by atoms with Gasteiger partial charge in [-0.3, -0.25) is 24.5 Å². The number of nitrogen functional groups attached to an aromatic ring is 1. The summed E-state index contributed by atoms with van der Waals surface area (Å²) in [7, 11) is 0. The molecule has 5 N–H and O–H groups in total. The molecule has 15 heteroatoms. The molecule has 1 aliphatic heterocycles. The summed E-state index contributed by atoms with van der Waals surface area (Å²) in [6.07, 6.45) is 7.76. The third-order valence-electron chi connectivity index (χ3n) is 7.43. The lowest BCUT2D eigenvalue weighted by molar-refractivity contribution is 0.0629. The highest BCUT2D eigenvalue weighted by atomic mass is 16.6. The van der Waals surface area contributed by atoms with E-state index in [1.54, 1.807) is 18.6 Å². The zero-order valence-corrected chi connectivity index (χ0v) is 23.9. The number of H-pyrrole nitrogens is 1. The van der Waals surface area contributed by atoms with Crippen LogP contribution in [0.3, 0.4) is 0 Å². The molecule has 0 bridgehead atoms. The lowest BCUT2D eigenvalue weighted by atomic mass is 10.1. The third-order valence-corrected chi connectivity index (χ3v) is 7.43. The van der Waals surface area contributed by atoms with Crippen molar-refractivity contribution in [2.24, 2.45) is 5.73 Å². The number of fused-ring (bicyclic) bond motifs is 2. The second kappa shape index (κ2) is 12.3. The van der Waals surface area contributed by atoms with Crippen LogP contribution in [0, 0.1) is 0 Å². The van der Waals surface area contributed by atoms with Gasteiger partial charge >= 0.3 is 0 Å². The second-order valence-corrected chi connectivity index (χ2v) is 10.1. The first-order valence-electron chi connectivity index (χ1n) is 14.0. The number of rotatable bonds is 6. The van der Waals surface area contributed by atoms with E-state index in [-0.39, 0.29) is 11.7 Å². The van der Waals surface area contributed by atoms with Crippen molar-refractivity contribution < 1.29 is 14.2 Å². The van der Waals surface area contributed by atoms with E-state index >= 15 is 0 Å². The molecule has 1 fully saturated rings. The average Bonchev–Trinajstić information content (AvgIpc) is 3.79. The molecule has 224 valence electrons. The number of aryl methyl sites for hydroxylation is 1. The molecule has 1 saturated heterocycles. The highest BCUT2D eigenvalue weighted by Crippen LogP contribution is 2.29. The second-order valence-electron chi connectivity index (χ2n) is 10.1. The van der Waals surface area contributed by atoms with Crippen molar-refractivity contribution in [1.82, 2.24) is 49.6 Å². The molecule has 7 rings (SSSR count). The molecule has 0 spiro atoms. The summed E-state index contributed by atoms with van der Waals surface area (Å²) in [6.45, 7) is 6.41. The van der Waals surface area contributed by atoms with Crippen LogP contribution in [0.15, 0.2) is 66.1 Å². The average molecular weight is 595 g/mol. The zero-order chi connectivity index (χ0) is 30.6. The molecule has 1 aromatic carbocycles. The van der Waals surface area contributed by atoms with Gasteiger partial charge in [0.05, 0.1) is 40.9 Å². The number of carbonyl (C=O) groups is 2. The van der Waals surface area contributed by atoms with Gasteiger partial charge in [-0.2, -0.15) is 0 Å². The van der Waals surface area contributed by atoms with Gasteiger partial charge in [-0.05, 0) is 22.8 Å².